The van der Waals surface area contributed by atoms with E-state index in [1.54, 1.807) is 0 Å². The SMILES string of the molecule is CC(C)(C)CC[Si](C)(C)C. The van der Waals surface area contributed by atoms with E-state index in [9.17, 15) is 0 Å². The fourth-order valence-electron chi connectivity index (χ4n) is 0.750. The van der Waals surface area contributed by atoms with Gasteiger partial charge in [-0.3, -0.25) is 0 Å². The lowest BCUT2D eigenvalue weighted by Gasteiger charge is -2.23. The molecule has 0 radical (unpaired) electrons. The third kappa shape index (κ3) is 8.22. The van der Waals surface area contributed by atoms with Gasteiger partial charge in [0.1, 0.15) is 0 Å². The Morgan fingerprint density at radius 1 is 1.00 bits per heavy atom. The standard InChI is InChI=1S/C9H22Si/c1-9(2,3)7-8-10(4,5)6/h7-8H2,1-6H3. The van der Waals surface area contributed by atoms with Gasteiger partial charge in [0.25, 0.3) is 0 Å². The quantitative estimate of drug-likeness (QED) is 0.537. The van der Waals surface area contributed by atoms with Crippen molar-refractivity contribution in [2.45, 2.75) is 52.9 Å². The number of hydrogen-bond acceptors (Lipinski definition) is 0. The molecule has 0 saturated heterocycles. The molecule has 0 spiro atoms. The van der Waals surface area contributed by atoms with Crippen molar-refractivity contribution in [2.75, 3.05) is 0 Å². The van der Waals surface area contributed by atoms with Gasteiger partial charge in [-0.15, -0.1) is 0 Å². The molecule has 0 unspecified atom stereocenters. The van der Waals surface area contributed by atoms with Crippen molar-refractivity contribution in [3.05, 3.63) is 0 Å². The highest BCUT2D eigenvalue weighted by Gasteiger charge is 2.17. The van der Waals surface area contributed by atoms with Crippen LogP contribution in [0.15, 0.2) is 0 Å². The van der Waals surface area contributed by atoms with Gasteiger partial charge >= 0.3 is 0 Å². The van der Waals surface area contributed by atoms with Crippen molar-refractivity contribution in [3.8, 4) is 0 Å². The van der Waals surface area contributed by atoms with Gasteiger partial charge in [0.05, 0.1) is 0 Å². The normalized spacial score (nSPS) is 13.8. The van der Waals surface area contributed by atoms with Crippen LogP contribution in [0.3, 0.4) is 0 Å². The van der Waals surface area contributed by atoms with Gasteiger partial charge in [0.15, 0.2) is 0 Å². The lowest BCUT2D eigenvalue weighted by molar-refractivity contribution is 0.395. The Morgan fingerprint density at radius 2 is 1.40 bits per heavy atom. The second kappa shape index (κ2) is 3.08. The summed E-state index contributed by atoms with van der Waals surface area (Å²) in [5.74, 6) is 0. The first kappa shape index (κ1) is 10.2. The monoisotopic (exact) mass is 158 g/mol. The van der Waals surface area contributed by atoms with Crippen LogP contribution in [0.2, 0.25) is 25.7 Å². The average Bonchev–Trinajstić information content (AvgIpc) is 1.57. The zero-order valence-electron chi connectivity index (χ0n) is 8.41. The second-order valence-electron chi connectivity index (χ2n) is 5.62. The molecule has 0 aliphatic rings. The average molecular weight is 158 g/mol. The first-order valence-electron chi connectivity index (χ1n) is 4.21. The number of rotatable bonds is 2. The second-order valence-corrected chi connectivity index (χ2v) is 11.2. The maximum absolute atomic E-state index is 2.44. The van der Waals surface area contributed by atoms with E-state index in [4.69, 9.17) is 0 Å². The molecule has 0 aromatic heterocycles. The molecular formula is C9H22Si. The molecular weight excluding hydrogens is 136 g/mol. The Hall–Kier alpha value is 0.217. The third-order valence-electron chi connectivity index (χ3n) is 1.62. The molecule has 1 heteroatoms. The molecule has 10 heavy (non-hydrogen) atoms. The van der Waals surface area contributed by atoms with E-state index in [1.807, 2.05) is 0 Å². The van der Waals surface area contributed by atoms with Gasteiger partial charge in [-0.2, -0.15) is 0 Å². The fourth-order valence-corrected chi connectivity index (χ4v) is 2.25. The van der Waals surface area contributed by atoms with Crippen molar-refractivity contribution >= 4 is 8.07 Å². The van der Waals surface area contributed by atoms with Crippen LogP contribution in [0, 0.1) is 5.41 Å². The van der Waals surface area contributed by atoms with E-state index < -0.39 is 8.07 Å². The van der Waals surface area contributed by atoms with Gasteiger partial charge in [-0.25, -0.2) is 0 Å². The summed E-state index contributed by atoms with van der Waals surface area (Å²) in [6.45, 7) is 14.3. The van der Waals surface area contributed by atoms with Crippen molar-refractivity contribution in [1.29, 1.82) is 0 Å². The third-order valence-corrected chi connectivity index (χ3v) is 3.37. The van der Waals surface area contributed by atoms with Crippen molar-refractivity contribution in [1.82, 2.24) is 0 Å². The van der Waals surface area contributed by atoms with E-state index >= 15 is 0 Å². The summed E-state index contributed by atoms with van der Waals surface area (Å²) < 4.78 is 0. The van der Waals surface area contributed by atoms with Crippen LogP contribution in [-0.2, 0) is 0 Å². The van der Waals surface area contributed by atoms with E-state index in [1.165, 1.54) is 12.5 Å². The van der Waals surface area contributed by atoms with Gasteiger partial charge in [0, 0.05) is 8.07 Å². The number of hydrogen-bond donors (Lipinski definition) is 0. The van der Waals surface area contributed by atoms with E-state index in [-0.39, 0.29) is 0 Å². The zero-order chi connectivity index (χ0) is 8.41. The summed E-state index contributed by atoms with van der Waals surface area (Å²) in [5.41, 5.74) is 0.542. The fraction of sp³-hybridized carbons (Fsp3) is 1.00. The predicted molar refractivity (Wildman–Crippen MR) is 52.2 cm³/mol. The van der Waals surface area contributed by atoms with Crippen molar-refractivity contribution < 1.29 is 0 Å². The van der Waals surface area contributed by atoms with Gasteiger partial charge < -0.3 is 0 Å². The molecule has 0 rings (SSSR count). The minimum absolute atomic E-state index is 0.542. The molecule has 0 atom stereocenters. The van der Waals surface area contributed by atoms with Gasteiger partial charge in [0.2, 0.25) is 0 Å². The Labute approximate surface area is 67.0 Å². The summed E-state index contributed by atoms with van der Waals surface area (Å²) in [5, 5.41) is 0. The molecule has 0 N–H and O–H groups in total. The summed E-state index contributed by atoms with van der Waals surface area (Å²) in [7, 11) is -0.767. The minimum atomic E-state index is -0.767. The molecule has 0 aromatic carbocycles. The predicted octanol–water partition coefficient (Wildman–Crippen LogP) is 3.76. The van der Waals surface area contributed by atoms with Crippen LogP contribution in [0.4, 0.5) is 0 Å². The molecule has 0 aliphatic carbocycles. The zero-order valence-corrected chi connectivity index (χ0v) is 9.41. The minimum Gasteiger partial charge on any atom is -0.0695 e. The smallest absolute Gasteiger partial charge is 0.0442 e. The Bertz CT molecular complexity index is 78.3. The van der Waals surface area contributed by atoms with Crippen LogP contribution >= 0.6 is 0 Å². The molecule has 0 aliphatic heterocycles. The van der Waals surface area contributed by atoms with Crippen LogP contribution in [0.1, 0.15) is 27.2 Å². The first-order valence-corrected chi connectivity index (χ1v) is 7.91. The molecule has 0 fully saturated rings. The van der Waals surface area contributed by atoms with Crippen LogP contribution in [0.25, 0.3) is 0 Å². The highest BCUT2D eigenvalue weighted by molar-refractivity contribution is 6.76. The summed E-state index contributed by atoms with van der Waals surface area (Å²) in [6.07, 6.45) is 1.39. The molecule has 0 aromatic rings. The van der Waals surface area contributed by atoms with Crippen molar-refractivity contribution in [2.24, 2.45) is 5.41 Å². The molecule has 0 saturated carbocycles. The lowest BCUT2D eigenvalue weighted by atomic mass is 9.94. The largest absolute Gasteiger partial charge is 0.0695 e. The molecule has 0 heterocycles. The summed E-state index contributed by atoms with van der Waals surface area (Å²) in [4.78, 5) is 0. The first-order chi connectivity index (χ1) is 4.21. The molecule has 0 amide bonds. The Morgan fingerprint density at radius 3 is 1.50 bits per heavy atom. The van der Waals surface area contributed by atoms with Crippen LogP contribution < -0.4 is 0 Å². The highest BCUT2D eigenvalue weighted by atomic mass is 28.3. The Balaban J connectivity index is 3.56. The summed E-state index contributed by atoms with van der Waals surface area (Å²) >= 11 is 0. The lowest BCUT2D eigenvalue weighted by Crippen LogP contribution is -2.21. The van der Waals surface area contributed by atoms with E-state index in [0.717, 1.165) is 0 Å². The van der Waals surface area contributed by atoms with Gasteiger partial charge in [-0.05, 0) is 5.41 Å². The maximum atomic E-state index is 2.44. The van der Waals surface area contributed by atoms with Crippen molar-refractivity contribution in [3.63, 3.8) is 0 Å². The maximum Gasteiger partial charge on any atom is 0.0442 e. The van der Waals surface area contributed by atoms with Crippen LogP contribution in [0.5, 0.6) is 0 Å². The Kier molecular flexibility index (Phi) is 3.15. The van der Waals surface area contributed by atoms with E-state index in [2.05, 4.69) is 40.4 Å². The van der Waals surface area contributed by atoms with Gasteiger partial charge in [-0.1, -0.05) is 52.9 Å². The highest BCUT2D eigenvalue weighted by Crippen LogP contribution is 2.25. The molecule has 0 bridgehead atoms. The van der Waals surface area contributed by atoms with Crippen LogP contribution in [-0.4, -0.2) is 8.07 Å². The topological polar surface area (TPSA) is 0 Å². The van der Waals surface area contributed by atoms with E-state index in [0.29, 0.717) is 5.41 Å². The molecule has 0 nitrogen and oxygen atoms in total. The molecule has 62 valence electrons. The summed E-state index contributed by atoms with van der Waals surface area (Å²) in [6, 6.07) is 1.47.